The van der Waals surface area contributed by atoms with Crippen LogP contribution in [0.1, 0.15) is 31.4 Å². The zero-order valence-electron chi connectivity index (χ0n) is 11.2. The molecule has 4 nitrogen and oxygen atoms in total. The number of hydrogen-bond acceptors (Lipinski definition) is 3. The Morgan fingerprint density at radius 2 is 2.00 bits per heavy atom. The normalized spacial score (nSPS) is 12.2. The van der Waals surface area contributed by atoms with Gasteiger partial charge in [0.05, 0.1) is 6.10 Å². The molecule has 0 aliphatic rings. The maximum atomic E-state index is 12.7. The average molecular weight is 268 g/mol. The molecule has 0 heterocycles. The molecule has 0 aliphatic carbocycles. The molecule has 0 radical (unpaired) electrons. The predicted molar refractivity (Wildman–Crippen MR) is 72.1 cm³/mol. The largest absolute Gasteiger partial charge is 0.387 e. The first-order valence-corrected chi connectivity index (χ1v) is 6.54. The van der Waals surface area contributed by atoms with E-state index in [1.165, 1.54) is 12.1 Å². The van der Waals surface area contributed by atoms with E-state index in [2.05, 4.69) is 10.6 Å². The van der Waals surface area contributed by atoms with Crippen LogP contribution in [0.4, 0.5) is 4.39 Å². The first-order valence-electron chi connectivity index (χ1n) is 6.54. The van der Waals surface area contributed by atoms with E-state index in [0.717, 1.165) is 6.42 Å². The SMILES string of the molecule is CCCNC(=O)CCNCC(O)c1ccc(F)cc1. The number of halogens is 1. The van der Waals surface area contributed by atoms with Gasteiger partial charge in [-0.25, -0.2) is 4.39 Å². The standard InChI is InChI=1S/C14H21FN2O2/c1-2-8-17-14(19)7-9-16-10-13(18)11-3-5-12(15)6-4-11/h3-6,13,16,18H,2,7-10H2,1H3,(H,17,19). The van der Waals surface area contributed by atoms with Crippen molar-refractivity contribution in [2.45, 2.75) is 25.9 Å². The Labute approximate surface area is 113 Å². The second-order valence-corrected chi connectivity index (χ2v) is 4.37. The number of rotatable bonds is 8. The first kappa shape index (κ1) is 15.6. The van der Waals surface area contributed by atoms with Gasteiger partial charge in [0, 0.05) is 26.1 Å². The third-order valence-corrected chi connectivity index (χ3v) is 2.69. The molecule has 5 heteroatoms. The highest BCUT2D eigenvalue weighted by atomic mass is 19.1. The third-order valence-electron chi connectivity index (χ3n) is 2.69. The number of amides is 1. The van der Waals surface area contributed by atoms with E-state index in [1.807, 2.05) is 6.92 Å². The van der Waals surface area contributed by atoms with Crippen LogP contribution in [0.25, 0.3) is 0 Å². The lowest BCUT2D eigenvalue weighted by atomic mass is 10.1. The predicted octanol–water partition coefficient (Wildman–Crippen LogP) is 1.36. The highest BCUT2D eigenvalue weighted by molar-refractivity contribution is 5.75. The molecular formula is C14H21FN2O2. The number of benzene rings is 1. The van der Waals surface area contributed by atoms with Gasteiger partial charge in [0.1, 0.15) is 5.82 Å². The topological polar surface area (TPSA) is 61.4 Å². The molecule has 3 N–H and O–H groups in total. The van der Waals surface area contributed by atoms with Crippen molar-refractivity contribution in [3.63, 3.8) is 0 Å². The Kier molecular flexibility index (Phi) is 7.07. The van der Waals surface area contributed by atoms with E-state index in [4.69, 9.17) is 0 Å². The van der Waals surface area contributed by atoms with Crippen molar-refractivity contribution in [2.75, 3.05) is 19.6 Å². The number of aliphatic hydroxyl groups excluding tert-OH is 1. The van der Waals surface area contributed by atoms with Crippen LogP contribution < -0.4 is 10.6 Å². The summed E-state index contributed by atoms with van der Waals surface area (Å²) in [6.07, 6.45) is 0.609. The summed E-state index contributed by atoms with van der Waals surface area (Å²) in [4.78, 5) is 11.3. The highest BCUT2D eigenvalue weighted by Gasteiger charge is 2.07. The molecule has 0 saturated carbocycles. The molecule has 0 bridgehead atoms. The van der Waals surface area contributed by atoms with Gasteiger partial charge < -0.3 is 15.7 Å². The van der Waals surface area contributed by atoms with Gasteiger partial charge in [0.2, 0.25) is 5.91 Å². The fraction of sp³-hybridized carbons (Fsp3) is 0.500. The Morgan fingerprint density at radius 1 is 1.32 bits per heavy atom. The lowest BCUT2D eigenvalue weighted by Gasteiger charge is -2.12. The summed E-state index contributed by atoms with van der Waals surface area (Å²) in [7, 11) is 0. The van der Waals surface area contributed by atoms with E-state index in [1.54, 1.807) is 12.1 Å². The van der Waals surface area contributed by atoms with Gasteiger partial charge in [0.25, 0.3) is 0 Å². The molecule has 1 atom stereocenters. The monoisotopic (exact) mass is 268 g/mol. The minimum Gasteiger partial charge on any atom is -0.387 e. The zero-order valence-corrected chi connectivity index (χ0v) is 11.2. The first-order chi connectivity index (χ1) is 9.13. The number of carbonyl (C=O) groups is 1. The Bertz CT molecular complexity index is 382. The summed E-state index contributed by atoms with van der Waals surface area (Å²) < 4.78 is 12.7. The summed E-state index contributed by atoms with van der Waals surface area (Å²) in [5.74, 6) is -0.317. The van der Waals surface area contributed by atoms with E-state index in [0.29, 0.717) is 31.6 Å². The van der Waals surface area contributed by atoms with Gasteiger partial charge in [0.15, 0.2) is 0 Å². The second-order valence-electron chi connectivity index (χ2n) is 4.37. The van der Waals surface area contributed by atoms with Crippen molar-refractivity contribution < 1.29 is 14.3 Å². The molecule has 1 rings (SSSR count). The summed E-state index contributed by atoms with van der Waals surface area (Å²) in [5, 5.41) is 15.6. The number of nitrogens with one attached hydrogen (secondary N) is 2. The summed E-state index contributed by atoms with van der Waals surface area (Å²) in [6, 6.07) is 5.73. The van der Waals surface area contributed by atoms with Crippen LogP contribution in [0.2, 0.25) is 0 Å². The zero-order chi connectivity index (χ0) is 14.1. The van der Waals surface area contributed by atoms with Crippen LogP contribution in [0.3, 0.4) is 0 Å². The molecule has 106 valence electrons. The van der Waals surface area contributed by atoms with Gasteiger partial charge >= 0.3 is 0 Å². The molecule has 0 saturated heterocycles. The quantitative estimate of drug-likeness (QED) is 0.624. The Balaban J connectivity index is 2.18. The molecule has 1 unspecified atom stereocenters. The molecule has 0 spiro atoms. The molecule has 19 heavy (non-hydrogen) atoms. The summed E-state index contributed by atoms with van der Waals surface area (Å²) in [6.45, 7) is 3.54. The van der Waals surface area contributed by atoms with Crippen molar-refractivity contribution in [1.29, 1.82) is 0 Å². The van der Waals surface area contributed by atoms with Gasteiger partial charge in [-0.3, -0.25) is 4.79 Å². The van der Waals surface area contributed by atoms with Crippen LogP contribution in [0, 0.1) is 5.82 Å². The average Bonchev–Trinajstić information content (AvgIpc) is 2.41. The molecule has 1 amide bonds. The minimum absolute atomic E-state index is 0.00521. The smallest absolute Gasteiger partial charge is 0.221 e. The summed E-state index contributed by atoms with van der Waals surface area (Å²) >= 11 is 0. The maximum absolute atomic E-state index is 12.7. The van der Waals surface area contributed by atoms with E-state index in [9.17, 15) is 14.3 Å². The van der Waals surface area contributed by atoms with Crippen molar-refractivity contribution >= 4 is 5.91 Å². The number of aliphatic hydroxyl groups is 1. The number of hydrogen-bond donors (Lipinski definition) is 3. The van der Waals surface area contributed by atoms with Crippen molar-refractivity contribution in [3.05, 3.63) is 35.6 Å². The van der Waals surface area contributed by atoms with E-state index < -0.39 is 6.10 Å². The van der Waals surface area contributed by atoms with E-state index in [-0.39, 0.29) is 11.7 Å². The maximum Gasteiger partial charge on any atom is 0.221 e. The molecule has 0 aromatic heterocycles. The molecule has 0 fully saturated rings. The van der Waals surface area contributed by atoms with Crippen LogP contribution in [0.15, 0.2) is 24.3 Å². The van der Waals surface area contributed by atoms with Crippen LogP contribution in [-0.4, -0.2) is 30.6 Å². The van der Waals surface area contributed by atoms with Gasteiger partial charge in [-0.1, -0.05) is 19.1 Å². The van der Waals surface area contributed by atoms with Crippen molar-refractivity contribution in [3.8, 4) is 0 Å². The molecule has 1 aromatic rings. The lowest BCUT2D eigenvalue weighted by molar-refractivity contribution is -0.121. The fourth-order valence-corrected chi connectivity index (χ4v) is 1.60. The van der Waals surface area contributed by atoms with Crippen molar-refractivity contribution in [1.82, 2.24) is 10.6 Å². The van der Waals surface area contributed by atoms with Crippen LogP contribution in [0.5, 0.6) is 0 Å². The highest BCUT2D eigenvalue weighted by Crippen LogP contribution is 2.12. The van der Waals surface area contributed by atoms with Crippen LogP contribution >= 0.6 is 0 Å². The van der Waals surface area contributed by atoms with Gasteiger partial charge in [-0.05, 0) is 24.1 Å². The third kappa shape index (κ3) is 6.31. The minimum atomic E-state index is -0.695. The van der Waals surface area contributed by atoms with Gasteiger partial charge in [-0.2, -0.15) is 0 Å². The van der Waals surface area contributed by atoms with Gasteiger partial charge in [-0.15, -0.1) is 0 Å². The lowest BCUT2D eigenvalue weighted by Crippen LogP contribution is -2.29. The van der Waals surface area contributed by atoms with Crippen molar-refractivity contribution in [2.24, 2.45) is 0 Å². The number of carbonyl (C=O) groups excluding carboxylic acids is 1. The molecule has 0 aliphatic heterocycles. The molecular weight excluding hydrogens is 247 g/mol. The Morgan fingerprint density at radius 3 is 2.63 bits per heavy atom. The Hall–Kier alpha value is -1.46. The van der Waals surface area contributed by atoms with Crippen LogP contribution in [-0.2, 0) is 4.79 Å². The fourth-order valence-electron chi connectivity index (χ4n) is 1.60. The summed E-state index contributed by atoms with van der Waals surface area (Å²) in [5.41, 5.74) is 0.657. The second kappa shape index (κ2) is 8.61. The van der Waals surface area contributed by atoms with E-state index >= 15 is 0 Å². The molecule has 1 aromatic carbocycles.